The van der Waals surface area contributed by atoms with Crippen LogP contribution in [0.3, 0.4) is 0 Å². The molecule has 2 aromatic rings. The number of carbonyl (C=O) groups is 3. The van der Waals surface area contributed by atoms with E-state index in [9.17, 15) is 14.4 Å². The van der Waals surface area contributed by atoms with E-state index in [0.29, 0.717) is 35.6 Å². The van der Waals surface area contributed by atoms with Crippen molar-refractivity contribution in [1.29, 1.82) is 0 Å². The molecule has 0 heterocycles. The van der Waals surface area contributed by atoms with Gasteiger partial charge in [-0.25, -0.2) is 4.79 Å². The van der Waals surface area contributed by atoms with Crippen LogP contribution in [0.4, 0.5) is 0 Å². The van der Waals surface area contributed by atoms with Gasteiger partial charge >= 0.3 is 5.97 Å². The van der Waals surface area contributed by atoms with Gasteiger partial charge < -0.3 is 19.9 Å². The Morgan fingerprint density at radius 3 is 2.21 bits per heavy atom. The molecule has 0 spiro atoms. The highest BCUT2D eigenvalue weighted by Crippen LogP contribution is 2.22. The minimum atomic E-state index is -1.03. The minimum absolute atomic E-state index is 0.0822. The lowest BCUT2D eigenvalue weighted by molar-refractivity contribution is -0.120. The molecule has 1 amide bonds. The Kier molecular flexibility index (Phi) is 7.14. The maximum Gasteiger partial charge on any atom is 0.335 e. The van der Waals surface area contributed by atoms with Crippen LogP contribution in [0.2, 0.25) is 0 Å². The number of carboxylic acids is 1. The lowest BCUT2D eigenvalue weighted by Gasteiger charge is -2.12. The number of ether oxygens (including phenoxy) is 2. The van der Waals surface area contributed by atoms with Crippen molar-refractivity contribution in [3.8, 4) is 11.5 Å². The van der Waals surface area contributed by atoms with Crippen molar-refractivity contribution in [3.05, 3.63) is 58.7 Å². The fraction of sp³-hybridized carbons (Fsp3) is 0.286. The molecule has 28 heavy (non-hydrogen) atoms. The van der Waals surface area contributed by atoms with Gasteiger partial charge in [0, 0.05) is 17.7 Å². The third-order valence-electron chi connectivity index (χ3n) is 4.29. The smallest absolute Gasteiger partial charge is 0.335 e. The third kappa shape index (κ3) is 5.33. The van der Waals surface area contributed by atoms with Crippen LogP contribution in [0.25, 0.3) is 0 Å². The third-order valence-corrected chi connectivity index (χ3v) is 4.29. The number of carbonyl (C=O) groups excluding carboxylic acids is 2. The monoisotopic (exact) mass is 385 g/mol. The van der Waals surface area contributed by atoms with Gasteiger partial charge in [-0.05, 0) is 49.2 Å². The Morgan fingerprint density at radius 1 is 0.929 bits per heavy atom. The molecule has 0 aliphatic heterocycles. The number of methoxy groups -OCH3 is 2. The molecule has 0 fully saturated rings. The molecule has 2 rings (SSSR count). The molecule has 0 atom stereocenters. The maximum absolute atomic E-state index is 12.3. The molecule has 7 nitrogen and oxygen atoms in total. The van der Waals surface area contributed by atoms with E-state index in [1.165, 1.54) is 33.3 Å². The SMILES string of the molecule is COc1cc(C(=O)O)ccc1CCNC(=O)Cc1cc(C(C)=O)ccc1OC. The molecule has 2 N–H and O–H groups in total. The standard InChI is InChI=1S/C21H23NO6/c1-13(23)15-6-7-18(27-2)17(10-15)12-20(24)22-9-8-14-4-5-16(21(25)26)11-19(14)28-3/h4-7,10-11H,8-9,12H2,1-3H3,(H,22,24)(H,25,26). The molecule has 0 aliphatic rings. The lowest BCUT2D eigenvalue weighted by atomic mass is 10.0. The van der Waals surface area contributed by atoms with Gasteiger partial charge in [0.1, 0.15) is 11.5 Å². The summed E-state index contributed by atoms with van der Waals surface area (Å²) in [6.07, 6.45) is 0.568. The minimum Gasteiger partial charge on any atom is -0.496 e. The van der Waals surface area contributed by atoms with Gasteiger partial charge in [-0.1, -0.05) is 6.07 Å². The van der Waals surface area contributed by atoms with E-state index in [2.05, 4.69) is 5.32 Å². The molecule has 0 saturated carbocycles. The summed E-state index contributed by atoms with van der Waals surface area (Å²) in [6.45, 7) is 1.82. The first-order chi connectivity index (χ1) is 13.3. The first-order valence-corrected chi connectivity index (χ1v) is 8.70. The summed E-state index contributed by atoms with van der Waals surface area (Å²) >= 11 is 0. The van der Waals surface area contributed by atoms with Gasteiger partial charge in [-0.15, -0.1) is 0 Å². The Labute approximate surface area is 163 Å². The average Bonchev–Trinajstić information content (AvgIpc) is 2.67. The van der Waals surface area contributed by atoms with Crippen molar-refractivity contribution in [1.82, 2.24) is 5.32 Å². The molecular weight excluding hydrogens is 362 g/mol. The number of amides is 1. The molecule has 0 unspecified atom stereocenters. The van der Waals surface area contributed by atoms with Crippen molar-refractivity contribution in [2.75, 3.05) is 20.8 Å². The van der Waals surface area contributed by atoms with E-state index < -0.39 is 5.97 Å². The second kappa shape index (κ2) is 9.55. The predicted molar refractivity (Wildman–Crippen MR) is 103 cm³/mol. The van der Waals surface area contributed by atoms with Crippen molar-refractivity contribution < 1.29 is 29.0 Å². The molecule has 0 radical (unpaired) electrons. The molecule has 2 aromatic carbocycles. The van der Waals surface area contributed by atoms with Gasteiger partial charge in [-0.2, -0.15) is 0 Å². The van der Waals surface area contributed by atoms with E-state index in [4.69, 9.17) is 14.6 Å². The molecule has 0 saturated heterocycles. The number of carboxylic acid groups (broad SMARTS) is 1. The van der Waals surface area contributed by atoms with E-state index in [-0.39, 0.29) is 23.7 Å². The zero-order valence-corrected chi connectivity index (χ0v) is 16.1. The Balaban J connectivity index is 1.99. The van der Waals surface area contributed by atoms with Crippen molar-refractivity contribution in [2.45, 2.75) is 19.8 Å². The second-order valence-corrected chi connectivity index (χ2v) is 6.19. The highest BCUT2D eigenvalue weighted by Gasteiger charge is 2.13. The topological polar surface area (TPSA) is 102 Å². The Bertz CT molecular complexity index is 890. The van der Waals surface area contributed by atoms with Crippen LogP contribution in [0, 0.1) is 0 Å². The summed E-state index contributed by atoms with van der Waals surface area (Å²) in [7, 11) is 2.98. The summed E-state index contributed by atoms with van der Waals surface area (Å²) in [5.41, 5.74) is 2.09. The van der Waals surface area contributed by atoms with Crippen LogP contribution < -0.4 is 14.8 Å². The first-order valence-electron chi connectivity index (χ1n) is 8.70. The zero-order chi connectivity index (χ0) is 20.7. The van der Waals surface area contributed by atoms with Crippen molar-refractivity contribution >= 4 is 17.7 Å². The molecule has 7 heteroatoms. The average molecular weight is 385 g/mol. The van der Waals surface area contributed by atoms with Gasteiger partial charge in [-0.3, -0.25) is 9.59 Å². The summed E-state index contributed by atoms with van der Waals surface area (Å²) in [6, 6.07) is 9.63. The summed E-state index contributed by atoms with van der Waals surface area (Å²) < 4.78 is 10.5. The van der Waals surface area contributed by atoms with Crippen molar-refractivity contribution in [2.24, 2.45) is 0 Å². The highest BCUT2D eigenvalue weighted by molar-refractivity contribution is 5.94. The summed E-state index contributed by atoms with van der Waals surface area (Å²) in [5, 5.41) is 11.9. The van der Waals surface area contributed by atoms with Crippen LogP contribution in [-0.2, 0) is 17.6 Å². The molecule has 0 aromatic heterocycles. The number of nitrogens with one attached hydrogen (secondary N) is 1. The van der Waals surface area contributed by atoms with Gasteiger partial charge in [0.05, 0.1) is 26.2 Å². The fourth-order valence-corrected chi connectivity index (χ4v) is 2.79. The van der Waals surface area contributed by atoms with Gasteiger partial charge in [0.2, 0.25) is 5.91 Å². The Hall–Kier alpha value is -3.35. The van der Waals surface area contributed by atoms with Gasteiger partial charge in [0.15, 0.2) is 5.78 Å². The molecule has 0 bridgehead atoms. The molecule has 0 aliphatic carbocycles. The quantitative estimate of drug-likeness (QED) is 0.643. The van der Waals surface area contributed by atoms with Crippen LogP contribution >= 0.6 is 0 Å². The zero-order valence-electron chi connectivity index (χ0n) is 16.1. The van der Waals surface area contributed by atoms with Crippen molar-refractivity contribution in [3.63, 3.8) is 0 Å². The molecule has 148 valence electrons. The number of benzene rings is 2. The summed E-state index contributed by atoms with van der Waals surface area (Å²) in [4.78, 5) is 34.9. The van der Waals surface area contributed by atoms with Gasteiger partial charge in [0.25, 0.3) is 0 Å². The number of rotatable bonds is 9. The fourth-order valence-electron chi connectivity index (χ4n) is 2.79. The number of hydrogen-bond acceptors (Lipinski definition) is 5. The van der Waals surface area contributed by atoms with Crippen LogP contribution in [0.5, 0.6) is 11.5 Å². The normalized spacial score (nSPS) is 10.2. The number of aromatic carboxylic acids is 1. The second-order valence-electron chi connectivity index (χ2n) is 6.19. The largest absolute Gasteiger partial charge is 0.496 e. The van der Waals surface area contributed by atoms with E-state index in [1.807, 2.05) is 0 Å². The van der Waals surface area contributed by atoms with Crippen LogP contribution in [0.15, 0.2) is 36.4 Å². The number of hydrogen-bond donors (Lipinski definition) is 2. The van der Waals surface area contributed by atoms with E-state index >= 15 is 0 Å². The number of ketones is 1. The molecular formula is C21H23NO6. The lowest BCUT2D eigenvalue weighted by Crippen LogP contribution is -2.27. The summed E-state index contributed by atoms with van der Waals surface area (Å²) in [5.74, 6) is -0.308. The Morgan fingerprint density at radius 2 is 1.61 bits per heavy atom. The predicted octanol–water partition coefficient (Wildman–Crippen LogP) is 2.51. The van der Waals surface area contributed by atoms with E-state index in [0.717, 1.165) is 5.56 Å². The van der Waals surface area contributed by atoms with E-state index in [1.54, 1.807) is 24.3 Å². The van der Waals surface area contributed by atoms with Crippen LogP contribution in [-0.4, -0.2) is 43.5 Å². The maximum atomic E-state index is 12.3. The first kappa shape index (κ1) is 21.0. The number of Topliss-reactive ketones (excluding diaryl/α,β-unsaturated/α-hetero) is 1. The van der Waals surface area contributed by atoms with Crippen LogP contribution in [0.1, 0.15) is 38.8 Å². The highest BCUT2D eigenvalue weighted by atomic mass is 16.5.